The lowest BCUT2D eigenvalue weighted by atomic mass is 9.61. The van der Waals surface area contributed by atoms with Crippen LogP contribution >= 0.6 is 0 Å². The Labute approximate surface area is 94.7 Å². The van der Waals surface area contributed by atoms with Gasteiger partial charge in [0.15, 0.2) is 0 Å². The molecule has 0 radical (unpaired) electrons. The van der Waals surface area contributed by atoms with Crippen LogP contribution in [-0.2, 0) is 9.59 Å². The van der Waals surface area contributed by atoms with E-state index in [2.05, 4.69) is 0 Å². The van der Waals surface area contributed by atoms with Crippen molar-refractivity contribution in [3.8, 4) is 0 Å². The Bertz CT molecular complexity index is 269. The lowest BCUT2D eigenvalue weighted by Crippen LogP contribution is -2.42. The summed E-state index contributed by atoms with van der Waals surface area (Å²) >= 11 is 0. The van der Waals surface area contributed by atoms with Crippen LogP contribution < -0.4 is 0 Å². The molecule has 4 unspecified atom stereocenters. The van der Waals surface area contributed by atoms with Gasteiger partial charge >= 0.3 is 11.9 Å². The van der Waals surface area contributed by atoms with Crippen molar-refractivity contribution >= 4 is 11.9 Å². The second-order valence-electron chi connectivity index (χ2n) is 5.08. The highest BCUT2D eigenvalue weighted by Crippen LogP contribution is 2.46. The minimum Gasteiger partial charge on any atom is -0.481 e. The molecule has 2 aliphatic carbocycles. The van der Waals surface area contributed by atoms with Crippen LogP contribution in [0.2, 0.25) is 0 Å². The van der Waals surface area contributed by atoms with Crippen molar-refractivity contribution in [2.45, 2.75) is 38.5 Å². The first-order valence-corrected chi connectivity index (χ1v) is 6.07. The highest BCUT2D eigenvalue weighted by Gasteiger charge is 2.45. The van der Waals surface area contributed by atoms with E-state index in [0.717, 1.165) is 25.7 Å². The zero-order chi connectivity index (χ0) is 11.7. The Morgan fingerprint density at radius 1 is 0.750 bits per heavy atom. The molecule has 2 rings (SSSR count). The average Bonchev–Trinajstić information content (AvgIpc) is 2.27. The van der Waals surface area contributed by atoms with Gasteiger partial charge in [0.2, 0.25) is 0 Å². The first kappa shape index (κ1) is 11.4. The molecule has 0 saturated heterocycles. The number of carbonyl (C=O) groups is 2. The molecule has 4 atom stereocenters. The van der Waals surface area contributed by atoms with E-state index in [-0.39, 0.29) is 23.7 Å². The molecule has 0 spiro atoms. The number of aliphatic carboxylic acids is 2. The van der Waals surface area contributed by atoms with E-state index in [4.69, 9.17) is 10.2 Å². The Morgan fingerprint density at radius 2 is 1.12 bits per heavy atom. The molecule has 4 nitrogen and oxygen atoms in total. The molecule has 0 aromatic rings. The van der Waals surface area contributed by atoms with Crippen LogP contribution in [0.15, 0.2) is 0 Å². The maximum atomic E-state index is 11.1. The molecule has 4 heteroatoms. The highest BCUT2D eigenvalue weighted by atomic mass is 16.4. The van der Waals surface area contributed by atoms with Gasteiger partial charge in [0.25, 0.3) is 0 Å². The molecule has 0 amide bonds. The van der Waals surface area contributed by atoms with E-state index < -0.39 is 11.9 Å². The van der Waals surface area contributed by atoms with Gasteiger partial charge < -0.3 is 10.2 Å². The molecule has 0 heterocycles. The van der Waals surface area contributed by atoms with Crippen molar-refractivity contribution < 1.29 is 19.8 Å². The van der Waals surface area contributed by atoms with Crippen molar-refractivity contribution in [2.75, 3.05) is 0 Å². The van der Waals surface area contributed by atoms with Gasteiger partial charge in [0.05, 0.1) is 11.8 Å². The van der Waals surface area contributed by atoms with Crippen molar-refractivity contribution in [2.24, 2.45) is 23.7 Å². The fraction of sp³-hybridized carbons (Fsp3) is 0.833. The van der Waals surface area contributed by atoms with Crippen LogP contribution in [0, 0.1) is 23.7 Å². The third-order valence-electron chi connectivity index (χ3n) is 4.33. The Balaban J connectivity index is 2.17. The van der Waals surface area contributed by atoms with Gasteiger partial charge in [-0.1, -0.05) is 12.8 Å². The molecule has 16 heavy (non-hydrogen) atoms. The number of hydrogen-bond acceptors (Lipinski definition) is 2. The number of fused-ring (bicyclic) bond motifs is 1. The SMILES string of the molecule is O=C(O)C1CCC(C(=O)O)C2CCCCC12. The maximum Gasteiger partial charge on any atom is 0.306 e. The fourth-order valence-electron chi connectivity index (χ4n) is 3.59. The summed E-state index contributed by atoms with van der Waals surface area (Å²) in [5.41, 5.74) is 0. The van der Waals surface area contributed by atoms with E-state index in [9.17, 15) is 9.59 Å². The topological polar surface area (TPSA) is 74.6 Å². The van der Waals surface area contributed by atoms with E-state index >= 15 is 0 Å². The minimum absolute atomic E-state index is 0.0982. The van der Waals surface area contributed by atoms with Gasteiger partial charge in [-0.15, -0.1) is 0 Å². The summed E-state index contributed by atoms with van der Waals surface area (Å²) in [4.78, 5) is 22.3. The summed E-state index contributed by atoms with van der Waals surface area (Å²) in [5.74, 6) is -1.88. The minimum atomic E-state index is -0.735. The molecule has 0 aromatic carbocycles. The average molecular weight is 226 g/mol. The summed E-state index contributed by atoms with van der Waals surface area (Å²) in [6, 6.07) is 0. The molecule has 0 bridgehead atoms. The van der Waals surface area contributed by atoms with Gasteiger partial charge in [-0.05, 0) is 37.5 Å². The van der Waals surface area contributed by atoms with Gasteiger partial charge in [-0.3, -0.25) is 9.59 Å². The van der Waals surface area contributed by atoms with E-state index in [1.807, 2.05) is 0 Å². The molecule has 0 aliphatic heterocycles. The summed E-state index contributed by atoms with van der Waals surface area (Å²) in [6.07, 6.45) is 4.96. The molecule has 90 valence electrons. The lowest BCUT2D eigenvalue weighted by molar-refractivity contribution is -0.156. The van der Waals surface area contributed by atoms with Gasteiger partial charge in [0.1, 0.15) is 0 Å². The van der Waals surface area contributed by atoms with Crippen LogP contribution in [0.25, 0.3) is 0 Å². The number of rotatable bonds is 2. The summed E-state index contributed by atoms with van der Waals surface area (Å²) in [6.45, 7) is 0. The lowest BCUT2D eigenvalue weighted by Gasteiger charge is -2.42. The first-order valence-electron chi connectivity index (χ1n) is 6.07. The molecular weight excluding hydrogens is 208 g/mol. The number of carboxylic acid groups (broad SMARTS) is 2. The second-order valence-corrected chi connectivity index (χ2v) is 5.08. The van der Waals surface area contributed by atoms with Crippen LogP contribution in [0.4, 0.5) is 0 Å². The van der Waals surface area contributed by atoms with E-state index in [1.54, 1.807) is 0 Å². The highest BCUT2D eigenvalue weighted by molar-refractivity contribution is 5.73. The Kier molecular flexibility index (Phi) is 3.17. The largest absolute Gasteiger partial charge is 0.481 e. The molecule has 0 aromatic heterocycles. The predicted molar refractivity (Wildman–Crippen MR) is 56.9 cm³/mol. The molecule has 2 N–H and O–H groups in total. The predicted octanol–water partition coefficient (Wildman–Crippen LogP) is 1.99. The summed E-state index contributed by atoms with van der Waals surface area (Å²) in [5, 5.41) is 18.3. The van der Waals surface area contributed by atoms with Gasteiger partial charge in [0, 0.05) is 0 Å². The summed E-state index contributed by atoms with van der Waals surface area (Å²) in [7, 11) is 0. The normalized spacial score (nSPS) is 38.8. The van der Waals surface area contributed by atoms with Crippen LogP contribution in [-0.4, -0.2) is 22.2 Å². The smallest absolute Gasteiger partial charge is 0.306 e. The first-order chi connectivity index (χ1) is 7.61. The molecular formula is C12H18O4. The second kappa shape index (κ2) is 4.44. The zero-order valence-corrected chi connectivity index (χ0v) is 9.26. The molecule has 2 saturated carbocycles. The van der Waals surface area contributed by atoms with Gasteiger partial charge in [-0.25, -0.2) is 0 Å². The zero-order valence-electron chi connectivity index (χ0n) is 9.26. The van der Waals surface area contributed by atoms with Crippen LogP contribution in [0.5, 0.6) is 0 Å². The quantitative estimate of drug-likeness (QED) is 0.755. The van der Waals surface area contributed by atoms with Crippen molar-refractivity contribution in [1.29, 1.82) is 0 Å². The van der Waals surface area contributed by atoms with Crippen molar-refractivity contribution in [3.05, 3.63) is 0 Å². The van der Waals surface area contributed by atoms with Crippen LogP contribution in [0.1, 0.15) is 38.5 Å². The number of carboxylic acids is 2. The third kappa shape index (κ3) is 1.93. The fourth-order valence-corrected chi connectivity index (χ4v) is 3.59. The Hall–Kier alpha value is -1.06. The van der Waals surface area contributed by atoms with Crippen LogP contribution in [0.3, 0.4) is 0 Å². The van der Waals surface area contributed by atoms with E-state index in [0.29, 0.717) is 12.8 Å². The van der Waals surface area contributed by atoms with E-state index in [1.165, 1.54) is 0 Å². The van der Waals surface area contributed by atoms with Gasteiger partial charge in [-0.2, -0.15) is 0 Å². The monoisotopic (exact) mass is 226 g/mol. The summed E-state index contributed by atoms with van der Waals surface area (Å²) < 4.78 is 0. The molecule has 2 fully saturated rings. The number of hydrogen-bond donors (Lipinski definition) is 2. The van der Waals surface area contributed by atoms with Crippen molar-refractivity contribution in [3.63, 3.8) is 0 Å². The standard InChI is InChI=1S/C12H18O4/c13-11(14)9-5-6-10(12(15)16)8-4-2-1-3-7(8)9/h7-10H,1-6H2,(H,13,14)(H,15,16). The van der Waals surface area contributed by atoms with Crippen molar-refractivity contribution in [1.82, 2.24) is 0 Å². The third-order valence-corrected chi connectivity index (χ3v) is 4.33. The Morgan fingerprint density at radius 3 is 1.44 bits per heavy atom. The molecule has 2 aliphatic rings. The maximum absolute atomic E-state index is 11.1.